The molecule has 0 bridgehead atoms. The number of carbonyl (C=O) groups excluding carboxylic acids is 1. The van der Waals surface area contributed by atoms with Crippen molar-refractivity contribution in [3.63, 3.8) is 0 Å². The number of fused-ring (bicyclic) bond motifs is 1. The fourth-order valence-electron chi connectivity index (χ4n) is 2.98. The Morgan fingerprint density at radius 3 is 2.52 bits per heavy atom. The third-order valence-corrected chi connectivity index (χ3v) is 6.57. The van der Waals surface area contributed by atoms with Crippen LogP contribution in [0.1, 0.15) is 29.5 Å². The lowest BCUT2D eigenvalue weighted by atomic mass is 10.2. The van der Waals surface area contributed by atoms with E-state index in [1.165, 1.54) is 15.4 Å². The van der Waals surface area contributed by atoms with Gasteiger partial charge in [-0.05, 0) is 31.6 Å². The smallest absolute Gasteiger partial charge is 0.334 e. The standard InChI is InChI=1S/C18H15ClF5N3O3S/c1-9(18(22,23)24)26-31(29,30)16-13-4-2-3-7-27(13)15(14(16)19)17(28)25-10-5-6-11(20)12(21)8-10/h2,4-6,8-9,26H,3,7H2,1H3,(H,25,28). The molecule has 6 nitrogen and oxygen atoms in total. The maximum absolute atomic E-state index is 13.4. The van der Waals surface area contributed by atoms with Gasteiger partial charge in [-0.3, -0.25) is 4.79 Å². The zero-order valence-corrected chi connectivity index (χ0v) is 17.3. The summed E-state index contributed by atoms with van der Waals surface area (Å²) < 4.78 is 93.3. The van der Waals surface area contributed by atoms with Gasteiger partial charge in [0.25, 0.3) is 5.91 Å². The minimum atomic E-state index is -4.85. The lowest BCUT2D eigenvalue weighted by Crippen LogP contribution is -2.43. The number of anilines is 1. The Labute approximate surface area is 178 Å². The van der Waals surface area contributed by atoms with Gasteiger partial charge in [0.1, 0.15) is 16.6 Å². The van der Waals surface area contributed by atoms with Crippen LogP contribution in [0.2, 0.25) is 5.02 Å². The first-order valence-electron chi connectivity index (χ1n) is 8.77. The van der Waals surface area contributed by atoms with Crippen molar-refractivity contribution in [2.75, 3.05) is 5.32 Å². The molecule has 31 heavy (non-hydrogen) atoms. The molecule has 2 N–H and O–H groups in total. The largest absolute Gasteiger partial charge is 0.404 e. The van der Waals surface area contributed by atoms with E-state index >= 15 is 0 Å². The number of sulfonamides is 1. The van der Waals surface area contributed by atoms with Crippen molar-refractivity contribution in [3.05, 3.63) is 52.3 Å². The van der Waals surface area contributed by atoms with Crippen LogP contribution < -0.4 is 10.0 Å². The lowest BCUT2D eigenvalue weighted by molar-refractivity contribution is -0.147. The number of rotatable bonds is 5. The summed E-state index contributed by atoms with van der Waals surface area (Å²) >= 11 is 6.17. The van der Waals surface area contributed by atoms with E-state index in [-0.39, 0.29) is 23.6 Å². The van der Waals surface area contributed by atoms with Gasteiger partial charge < -0.3 is 9.88 Å². The number of nitrogens with zero attached hydrogens (tertiary/aromatic N) is 1. The SMILES string of the molecule is CC(NS(=O)(=O)c1c(Cl)c(C(=O)Nc2ccc(F)c(F)c2)n2c1C=CCC2)C(F)(F)F. The molecule has 0 saturated carbocycles. The number of halogens is 6. The number of carbonyl (C=O) groups is 1. The van der Waals surface area contributed by atoms with Crippen LogP contribution in [0.3, 0.4) is 0 Å². The molecule has 0 saturated heterocycles. The zero-order valence-electron chi connectivity index (χ0n) is 15.7. The Morgan fingerprint density at radius 2 is 1.90 bits per heavy atom. The number of aromatic nitrogens is 1. The van der Waals surface area contributed by atoms with E-state index < -0.39 is 49.7 Å². The normalized spacial score (nSPS) is 14.9. The number of benzene rings is 1. The van der Waals surface area contributed by atoms with Crippen molar-refractivity contribution in [1.82, 2.24) is 9.29 Å². The number of allylic oxidation sites excluding steroid dienone is 1. The van der Waals surface area contributed by atoms with Gasteiger partial charge in [0.15, 0.2) is 11.6 Å². The molecule has 0 spiro atoms. The van der Waals surface area contributed by atoms with Crippen LogP contribution in [0.25, 0.3) is 6.08 Å². The maximum Gasteiger partial charge on any atom is 0.404 e. The second kappa shape index (κ2) is 8.24. The van der Waals surface area contributed by atoms with Crippen LogP contribution in [0.5, 0.6) is 0 Å². The van der Waals surface area contributed by atoms with E-state index in [0.717, 1.165) is 12.1 Å². The first-order valence-corrected chi connectivity index (χ1v) is 10.6. The summed E-state index contributed by atoms with van der Waals surface area (Å²) in [6, 6.07) is 0.164. The van der Waals surface area contributed by atoms with Gasteiger partial charge in [0, 0.05) is 18.3 Å². The van der Waals surface area contributed by atoms with Gasteiger partial charge in [0.05, 0.1) is 10.7 Å². The molecule has 3 rings (SSSR count). The monoisotopic (exact) mass is 483 g/mol. The van der Waals surface area contributed by atoms with Crippen molar-refractivity contribution < 1.29 is 35.2 Å². The van der Waals surface area contributed by atoms with Crippen molar-refractivity contribution in [3.8, 4) is 0 Å². The van der Waals surface area contributed by atoms with E-state index in [0.29, 0.717) is 19.4 Å². The summed E-state index contributed by atoms with van der Waals surface area (Å²) in [6.07, 6.45) is -1.54. The third-order valence-electron chi connectivity index (χ3n) is 4.48. The molecule has 1 amide bonds. The maximum atomic E-state index is 13.4. The highest BCUT2D eigenvalue weighted by Crippen LogP contribution is 2.36. The summed E-state index contributed by atoms with van der Waals surface area (Å²) in [5.41, 5.74) is -0.547. The highest BCUT2D eigenvalue weighted by molar-refractivity contribution is 7.89. The molecule has 1 aromatic carbocycles. The molecule has 1 aliphatic heterocycles. The molecule has 0 fully saturated rings. The first-order chi connectivity index (χ1) is 14.3. The molecule has 1 aromatic heterocycles. The quantitative estimate of drug-likeness (QED) is 0.622. The molecule has 13 heteroatoms. The highest BCUT2D eigenvalue weighted by atomic mass is 35.5. The Kier molecular flexibility index (Phi) is 6.18. The highest BCUT2D eigenvalue weighted by Gasteiger charge is 2.41. The van der Waals surface area contributed by atoms with E-state index in [2.05, 4.69) is 5.32 Å². The van der Waals surface area contributed by atoms with Gasteiger partial charge in [0.2, 0.25) is 10.0 Å². The fourth-order valence-corrected chi connectivity index (χ4v) is 5.07. The molecule has 0 radical (unpaired) electrons. The van der Waals surface area contributed by atoms with Gasteiger partial charge in [-0.15, -0.1) is 0 Å². The van der Waals surface area contributed by atoms with Crippen LogP contribution in [0, 0.1) is 11.6 Å². The summed E-state index contributed by atoms with van der Waals surface area (Å²) in [6.45, 7) is 0.747. The summed E-state index contributed by atoms with van der Waals surface area (Å²) in [4.78, 5) is 12.1. The first kappa shape index (κ1) is 23.2. The fraction of sp³-hybridized carbons (Fsp3) is 0.278. The molecule has 2 aromatic rings. The van der Waals surface area contributed by atoms with Crippen LogP contribution in [0.4, 0.5) is 27.6 Å². The summed E-state index contributed by atoms with van der Waals surface area (Å²) in [7, 11) is -4.78. The van der Waals surface area contributed by atoms with Gasteiger partial charge >= 0.3 is 6.18 Å². The topological polar surface area (TPSA) is 80.2 Å². The number of amides is 1. The third kappa shape index (κ3) is 4.60. The number of nitrogens with one attached hydrogen (secondary N) is 2. The molecule has 0 aliphatic carbocycles. The van der Waals surface area contributed by atoms with Crippen LogP contribution in [-0.2, 0) is 16.6 Å². The molecule has 1 unspecified atom stereocenters. The zero-order chi connectivity index (χ0) is 23.1. The van der Waals surface area contributed by atoms with Crippen molar-refractivity contribution in [2.24, 2.45) is 0 Å². The van der Waals surface area contributed by atoms with Crippen LogP contribution >= 0.6 is 11.6 Å². The van der Waals surface area contributed by atoms with Crippen molar-refractivity contribution in [2.45, 2.75) is 37.0 Å². The van der Waals surface area contributed by atoms with Crippen LogP contribution in [-0.4, -0.2) is 31.1 Å². The second-order valence-electron chi connectivity index (χ2n) is 6.69. The van der Waals surface area contributed by atoms with Gasteiger partial charge in [-0.1, -0.05) is 17.7 Å². The Balaban J connectivity index is 2.05. The van der Waals surface area contributed by atoms with Gasteiger partial charge in [-0.25, -0.2) is 17.2 Å². The second-order valence-corrected chi connectivity index (χ2v) is 8.72. The summed E-state index contributed by atoms with van der Waals surface area (Å²) in [5, 5.41) is 1.68. The van der Waals surface area contributed by atoms with Crippen molar-refractivity contribution in [1.29, 1.82) is 0 Å². The van der Waals surface area contributed by atoms with E-state index in [4.69, 9.17) is 11.6 Å². The Bertz CT molecular complexity index is 1180. The predicted molar refractivity (Wildman–Crippen MR) is 103 cm³/mol. The van der Waals surface area contributed by atoms with E-state index in [9.17, 15) is 35.2 Å². The minimum absolute atomic E-state index is 0.0754. The Hall–Kier alpha value is -2.44. The number of alkyl halides is 3. The van der Waals surface area contributed by atoms with Crippen LogP contribution in [0.15, 0.2) is 29.2 Å². The molecule has 168 valence electrons. The minimum Gasteiger partial charge on any atom is -0.334 e. The lowest BCUT2D eigenvalue weighted by Gasteiger charge is -2.18. The van der Waals surface area contributed by atoms with Crippen molar-refractivity contribution >= 4 is 39.3 Å². The molecule has 1 atom stereocenters. The average molecular weight is 484 g/mol. The molecule has 1 aliphatic rings. The average Bonchev–Trinajstić information content (AvgIpc) is 2.96. The summed E-state index contributed by atoms with van der Waals surface area (Å²) in [5.74, 6) is -3.31. The number of hydrogen-bond acceptors (Lipinski definition) is 3. The molecule has 2 heterocycles. The molecular formula is C18H15ClF5N3O3S. The number of hydrogen-bond donors (Lipinski definition) is 2. The molecular weight excluding hydrogens is 469 g/mol. The van der Waals surface area contributed by atoms with E-state index in [1.807, 2.05) is 0 Å². The van der Waals surface area contributed by atoms with Gasteiger partial charge in [-0.2, -0.15) is 17.9 Å². The Morgan fingerprint density at radius 1 is 1.23 bits per heavy atom. The van der Waals surface area contributed by atoms with E-state index in [1.54, 1.807) is 6.08 Å². The predicted octanol–water partition coefficient (Wildman–Crippen LogP) is 4.32.